The summed E-state index contributed by atoms with van der Waals surface area (Å²) in [6, 6.07) is 23.9. The van der Waals surface area contributed by atoms with Crippen LogP contribution in [-0.4, -0.2) is 33.5 Å². The SMILES string of the molecule is COc1ccc(NC(=O)CCSc2nnc(CNc3ccc(C)cc3)n2-c2ccccc2)c(C)c1. The molecule has 4 aromatic rings. The van der Waals surface area contributed by atoms with E-state index < -0.39 is 0 Å². The lowest BCUT2D eigenvalue weighted by Crippen LogP contribution is -2.13. The number of benzene rings is 3. The van der Waals surface area contributed by atoms with Crippen molar-refractivity contribution < 1.29 is 9.53 Å². The Morgan fingerprint density at radius 3 is 2.49 bits per heavy atom. The summed E-state index contributed by atoms with van der Waals surface area (Å²) in [5.41, 5.74) is 4.97. The molecule has 8 heteroatoms. The normalized spacial score (nSPS) is 10.7. The number of rotatable bonds is 10. The van der Waals surface area contributed by atoms with Crippen LogP contribution >= 0.6 is 11.8 Å². The number of thioether (sulfide) groups is 1. The fourth-order valence-corrected chi connectivity index (χ4v) is 4.46. The van der Waals surface area contributed by atoms with Crippen molar-refractivity contribution in [1.29, 1.82) is 0 Å². The lowest BCUT2D eigenvalue weighted by atomic mass is 10.2. The molecule has 0 aliphatic rings. The van der Waals surface area contributed by atoms with Crippen molar-refractivity contribution in [2.24, 2.45) is 0 Å². The molecule has 1 heterocycles. The van der Waals surface area contributed by atoms with Crippen molar-refractivity contribution in [3.8, 4) is 11.4 Å². The van der Waals surface area contributed by atoms with Crippen LogP contribution in [0.3, 0.4) is 0 Å². The molecule has 35 heavy (non-hydrogen) atoms. The summed E-state index contributed by atoms with van der Waals surface area (Å²) >= 11 is 1.52. The van der Waals surface area contributed by atoms with Crippen LogP contribution in [0, 0.1) is 13.8 Å². The van der Waals surface area contributed by atoms with Gasteiger partial charge in [-0.1, -0.05) is 47.7 Å². The van der Waals surface area contributed by atoms with Crippen LogP contribution in [0.4, 0.5) is 11.4 Å². The smallest absolute Gasteiger partial charge is 0.225 e. The molecular weight excluding hydrogens is 458 g/mol. The third-order valence-corrected chi connectivity index (χ3v) is 6.42. The van der Waals surface area contributed by atoms with E-state index in [1.165, 1.54) is 17.3 Å². The third-order valence-electron chi connectivity index (χ3n) is 5.48. The minimum absolute atomic E-state index is 0.0437. The van der Waals surface area contributed by atoms with Gasteiger partial charge in [0.1, 0.15) is 5.75 Å². The van der Waals surface area contributed by atoms with Crippen molar-refractivity contribution in [2.45, 2.75) is 32.0 Å². The molecule has 2 N–H and O–H groups in total. The van der Waals surface area contributed by atoms with Crippen molar-refractivity contribution >= 4 is 29.0 Å². The van der Waals surface area contributed by atoms with Crippen molar-refractivity contribution in [1.82, 2.24) is 14.8 Å². The van der Waals surface area contributed by atoms with Gasteiger partial charge in [0.25, 0.3) is 0 Å². The zero-order chi connectivity index (χ0) is 24.6. The summed E-state index contributed by atoms with van der Waals surface area (Å²) in [6.45, 7) is 4.54. The van der Waals surface area contributed by atoms with Crippen molar-refractivity contribution in [3.05, 3.63) is 89.7 Å². The first-order chi connectivity index (χ1) is 17.0. The van der Waals surface area contributed by atoms with Gasteiger partial charge in [-0.25, -0.2) is 0 Å². The number of aryl methyl sites for hydroxylation is 2. The Morgan fingerprint density at radius 2 is 1.77 bits per heavy atom. The van der Waals surface area contributed by atoms with E-state index in [1.807, 2.05) is 60.0 Å². The molecule has 1 amide bonds. The number of amides is 1. The van der Waals surface area contributed by atoms with Gasteiger partial charge in [0.05, 0.1) is 13.7 Å². The summed E-state index contributed by atoms with van der Waals surface area (Å²) in [5, 5.41) is 16.0. The molecule has 1 aromatic heterocycles. The predicted octanol–water partition coefficient (Wildman–Crippen LogP) is 5.63. The fourth-order valence-electron chi connectivity index (χ4n) is 3.55. The van der Waals surface area contributed by atoms with Gasteiger partial charge >= 0.3 is 0 Å². The largest absolute Gasteiger partial charge is 0.497 e. The highest BCUT2D eigenvalue weighted by atomic mass is 32.2. The number of nitrogens with one attached hydrogen (secondary N) is 2. The van der Waals surface area contributed by atoms with E-state index in [-0.39, 0.29) is 5.91 Å². The van der Waals surface area contributed by atoms with E-state index in [9.17, 15) is 4.79 Å². The second kappa shape index (κ2) is 11.6. The van der Waals surface area contributed by atoms with E-state index in [0.717, 1.165) is 39.4 Å². The topological polar surface area (TPSA) is 81.1 Å². The Morgan fingerprint density at radius 1 is 1.00 bits per heavy atom. The number of methoxy groups -OCH3 is 1. The van der Waals surface area contributed by atoms with E-state index in [4.69, 9.17) is 4.74 Å². The summed E-state index contributed by atoms with van der Waals surface area (Å²) in [7, 11) is 1.63. The number of anilines is 2. The second-order valence-electron chi connectivity index (χ2n) is 8.12. The first-order valence-electron chi connectivity index (χ1n) is 11.4. The molecule has 180 valence electrons. The van der Waals surface area contributed by atoms with E-state index in [2.05, 4.69) is 52.0 Å². The molecule has 0 unspecified atom stereocenters. The van der Waals surface area contributed by atoms with Crippen LogP contribution in [0.25, 0.3) is 5.69 Å². The molecule has 0 aliphatic carbocycles. The zero-order valence-corrected chi connectivity index (χ0v) is 20.9. The molecule has 0 aliphatic heterocycles. The summed E-state index contributed by atoms with van der Waals surface area (Å²) in [6.07, 6.45) is 0.356. The monoisotopic (exact) mass is 487 g/mol. The molecule has 0 bridgehead atoms. The molecular formula is C27H29N5O2S. The van der Waals surface area contributed by atoms with Crippen LogP contribution in [-0.2, 0) is 11.3 Å². The van der Waals surface area contributed by atoms with Crippen LogP contribution < -0.4 is 15.4 Å². The maximum atomic E-state index is 12.5. The fraction of sp³-hybridized carbons (Fsp3) is 0.222. The van der Waals surface area contributed by atoms with Crippen molar-refractivity contribution in [3.63, 3.8) is 0 Å². The molecule has 0 fully saturated rings. The average Bonchev–Trinajstić information content (AvgIpc) is 3.28. The van der Waals surface area contributed by atoms with Gasteiger partial charge in [-0.3, -0.25) is 9.36 Å². The number of carbonyl (C=O) groups is 1. The van der Waals surface area contributed by atoms with Crippen LogP contribution in [0.15, 0.2) is 78.0 Å². The van der Waals surface area contributed by atoms with E-state index in [1.54, 1.807) is 7.11 Å². The maximum Gasteiger partial charge on any atom is 0.225 e. The second-order valence-corrected chi connectivity index (χ2v) is 9.18. The van der Waals surface area contributed by atoms with E-state index in [0.29, 0.717) is 18.7 Å². The Bertz CT molecular complexity index is 1270. The quantitative estimate of drug-likeness (QED) is 0.282. The van der Waals surface area contributed by atoms with Gasteiger partial charge in [0, 0.05) is 29.2 Å². The lowest BCUT2D eigenvalue weighted by Gasteiger charge is -2.12. The van der Waals surface area contributed by atoms with Gasteiger partial charge in [-0.15, -0.1) is 10.2 Å². The first-order valence-corrected chi connectivity index (χ1v) is 12.4. The molecule has 0 saturated heterocycles. The number of para-hydroxylation sites is 1. The minimum Gasteiger partial charge on any atom is -0.497 e. The predicted molar refractivity (Wildman–Crippen MR) is 142 cm³/mol. The highest BCUT2D eigenvalue weighted by Gasteiger charge is 2.15. The number of hydrogen-bond acceptors (Lipinski definition) is 6. The Labute approximate surface area is 209 Å². The standard InChI is InChI=1S/C27H29N5O2S/c1-19-9-11-21(12-10-19)28-18-25-30-31-27(32(25)22-7-5-4-6-8-22)35-16-15-26(33)29-24-14-13-23(34-3)17-20(24)2/h4-14,17,28H,15-16,18H2,1-3H3,(H,29,33). The molecule has 0 atom stereocenters. The lowest BCUT2D eigenvalue weighted by molar-refractivity contribution is -0.115. The molecule has 0 radical (unpaired) electrons. The zero-order valence-electron chi connectivity index (χ0n) is 20.1. The summed E-state index contributed by atoms with van der Waals surface area (Å²) in [5.74, 6) is 2.11. The number of aromatic nitrogens is 3. The molecule has 4 rings (SSSR count). The van der Waals surface area contributed by atoms with E-state index >= 15 is 0 Å². The molecule has 0 saturated carbocycles. The molecule has 7 nitrogen and oxygen atoms in total. The average molecular weight is 488 g/mol. The minimum atomic E-state index is -0.0437. The van der Waals surface area contributed by atoms with Crippen LogP contribution in [0.5, 0.6) is 5.75 Å². The highest BCUT2D eigenvalue weighted by Crippen LogP contribution is 2.25. The Kier molecular flexibility index (Phi) is 8.05. The molecule has 3 aromatic carbocycles. The van der Waals surface area contributed by atoms with Gasteiger partial charge in [0.15, 0.2) is 11.0 Å². The van der Waals surface area contributed by atoms with Crippen LogP contribution in [0.1, 0.15) is 23.4 Å². The summed E-state index contributed by atoms with van der Waals surface area (Å²) in [4.78, 5) is 12.5. The third kappa shape index (κ3) is 6.42. The maximum absolute atomic E-state index is 12.5. The van der Waals surface area contributed by atoms with Gasteiger partial charge in [0.2, 0.25) is 5.91 Å². The Balaban J connectivity index is 1.41. The molecule has 0 spiro atoms. The summed E-state index contributed by atoms with van der Waals surface area (Å²) < 4.78 is 7.27. The number of hydrogen-bond donors (Lipinski definition) is 2. The van der Waals surface area contributed by atoms with Crippen LogP contribution in [0.2, 0.25) is 0 Å². The van der Waals surface area contributed by atoms with Gasteiger partial charge in [-0.2, -0.15) is 0 Å². The highest BCUT2D eigenvalue weighted by molar-refractivity contribution is 7.99. The Hall–Kier alpha value is -3.78. The van der Waals surface area contributed by atoms with Gasteiger partial charge in [-0.05, 0) is 61.9 Å². The van der Waals surface area contributed by atoms with Crippen molar-refractivity contribution in [2.75, 3.05) is 23.5 Å². The number of carbonyl (C=O) groups excluding carboxylic acids is 1. The first kappa shape index (κ1) is 24.3. The number of ether oxygens (including phenoxy) is 1. The number of nitrogens with zero attached hydrogens (tertiary/aromatic N) is 3. The van der Waals surface area contributed by atoms with Gasteiger partial charge < -0.3 is 15.4 Å².